The highest BCUT2D eigenvalue weighted by atomic mass is 32.1. The van der Waals surface area contributed by atoms with E-state index in [-0.39, 0.29) is 0 Å². The van der Waals surface area contributed by atoms with Gasteiger partial charge in [0.15, 0.2) is 5.06 Å². The van der Waals surface area contributed by atoms with E-state index in [1.807, 2.05) is 27.7 Å². The standard InChI is InChI=1S/C8H11F2NOS.C2H6/c1-5(2)8-11-3-7(13-8)12-4-6(9)10;1-2/h3,5-6H,4H2,1-2H3;1-2H3. The molecule has 0 amide bonds. The molecule has 0 aromatic carbocycles. The minimum atomic E-state index is -2.43. The number of aromatic nitrogens is 1. The Morgan fingerprint density at radius 1 is 1.40 bits per heavy atom. The highest BCUT2D eigenvalue weighted by Gasteiger charge is 2.08. The molecular formula is C10H17F2NOS. The Labute approximate surface area is 93.3 Å². The zero-order valence-corrected chi connectivity index (χ0v) is 10.3. The molecule has 0 N–H and O–H groups in total. The summed E-state index contributed by atoms with van der Waals surface area (Å²) in [6.07, 6.45) is -0.938. The number of nitrogens with zero attached hydrogens (tertiary/aromatic N) is 1. The topological polar surface area (TPSA) is 22.1 Å². The van der Waals surface area contributed by atoms with Gasteiger partial charge in [-0.2, -0.15) is 0 Å². The third-order valence-electron chi connectivity index (χ3n) is 1.35. The molecule has 0 aliphatic carbocycles. The largest absolute Gasteiger partial charge is 0.477 e. The van der Waals surface area contributed by atoms with Crippen LogP contribution in [0.15, 0.2) is 6.20 Å². The van der Waals surface area contributed by atoms with Crippen molar-refractivity contribution in [1.82, 2.24) is 4.98 Å². The van der Waals surface area contributed by atoms with Crippen LogP contribution in [0.1, 0.15) is 38.6 Å². The van der Waals surface area contributed by atoms with Gasteiger partial charge in [0.05, 0.1) is 11.2 Å². The molecule has 0 saturated carbocycles. The average Bonchev–Trinajstić information content (AvgIpc) is 2.66. The summed E-state index contributed by atoms with van der Waals surface area (Å²) in [6, 6.07) is 0. The minimum absolute atomic E-state index is 0.314. The molecule has 88 valence electrons. The number of rotatable bonds is 4. The number of halogens is 2. The molecule has 1 heterocycles. The van der Waals surface area contributed by atoms with Gasteiger partial charge in [0.2, 0.25) is 0 Å². The van der Waals surface area contributed by atoms with Crippen molar-refractivity contribution in [2.45, 2.75) is 40.0 Å². The molecule has 0 aliphatic rings. The summed E-state index contributed by atoms with van der Waals surface area (Å²) in [4.78, 5) is 4.04. The predicted molar refractivity (Wildman–Crippen MR) is 59.1 cm³/mol. The fourth-order valence-corrected chi connectivity index (χ4v) is 1.53. The van der Waals surface area contributed by atoms with Gasteiger partial charge in [-0.3, -0.25) is 0 Å². The van der Waals surface area contributed by atoms with Crippen LogP contribution in [0.4, 0.5) is 8.78 Å². The fraction of sp³-hybridized carbons (Fsp3) is 0.700. The molecule has 0 saturated heterocycles. The summed E-state index contributed by atoms with van der Waals surface area (Å²) < 4.78 is 28.3. The lowest BCUT2D eigenvalue weighted by atomic mass is 10.2. The van der Waals surface area contributed by atoms with Gasteiger partial charge in [-0.25, -0.2) is 13.8 Å². The van der Waals surface area contributed by atoms with Crippen LogP contribution in [0.25, 0.3) is 0 Å². The summed E-state index contributed by atoms with van der Waals surface area (Å²) in [6.45, 7) is 7.44. The first-order chi connectivity index (χ1) is 7.09. The quantitative estimate of drug-likeness (QED) is 0.791. The van der Waals surface area contributed by atoms with E-state index in [1.54, 1.807) is 0 Å². The monoisotopic (exact) mass is 237 g/mol. The third kappa shape index (κ3) is 5.67. The van der Waals surface area contributed by atoms with E-state index in [9.17, 15) is 8.78 Å². The second-order valence-corrected chi connectivity index (χ2v) is 3.90. The van der Waals surface area contributed by atoms with E-state index in [0.717, 1.165) is 5.01 Å². The highest BCUT2D eigenvalue weighted by Crippen LogP contribution is 2.26. The Hall–Kier alpha value is -0.710. The number of thiazole rings is 1. The zero-order valence-electron chi connectivity index (χ0n) is 9.46. The van der Waals surface area contributed by atoms with E-state index < -0.39 is 13.0 Å². The second kappa shape index (κ2) is 7.56. The highest BCUT2D eigenvalue weighted by molar-refractivity contribution is 7.13. The lowest BCUT2D eigenvalue weighted by Crippen LogP contribution is -2.05. The average molecular weight is 237 g/mol. The maximum absolute atomic E-state index is 11.7. The summed E-state index contributed by atoms with van der Waals surface area (Å²) in [5.41, 5.74) is 0. The summed E-state index contributed by atoms with van der Waals surface area (Å²) in [7, 11) is 0. The smallest absolute Gasteiger partial charge is 0.272 e. The molecule has 15 heavy (non-hydrogen) atoms. The lowest BCUT2D eigenvalue weighted by Gasteiger charge is -2.00. The van der Waals surface area contributed by atoms with E-state index in [0.29, 0.717) is 11.0 Å². The maximum Gasteiger partial charge on any atom is 0.272 e. The molecule has 2 nitrogen and oxygen atoms in total. The van der Waals surface area contributed by atoms with Gasteiger partial charge in [0.25, 0.3) is 6.43 Å². The molecule has 0 atom stereocenters. The van der Waals surface area contributed by atoms with Crippen LogP contribution in [0.5, 0.6) is 5.06 Å². The van der Waals surface area contributed by atoms with E-state index in [1.165, 1.54) is 17.5 Å². The van der Waals surface area contributed by atoms with Gasteiger partial charge in [-0.15, -0.1) is 0 Å². The Morgan fingerprint density at radius 2 is 2.00 bits per heavy atom. The Morgan fingerprint density at radius 3 is 2.40 bits per heavy atom. The lowest BCUT2D eigenvalue weighted by molar-refractivity contribution is 0.0837. The minimum Gasteiger partial charge on any atom is -0.477 e. The SMILES string of the molecule is CC.CC(C)c1ncc(OCC(F)F)s1. The van der Waals surface area contributed by atoms with Crippen molar-refractivity contribution in [3.05, 3.63) is 11.2 Å². The molecule has 0 radical (unpaired) electrons. The molecule has 0 spiro atoms. The van der Waals surface area contributed by atoms with Crippen molar-refractivity contribution in [3.63, 3.8) is 0 Å². The Balaban J connectivity index is 0.000000921. The first kappa shape index (κ1) is 14.3. The van der Waals surface area contributed by atoms with E-state index in [2.05, 4.69) is 4.98 Å². The van der Waals surface area contributed by atoms with Crippen LogP contribution in [0.2, 0.25) is 0 Å². The van der Waals surface area contributed by atoms with Crippen molar-refractivity contribution >= 4 is 11.3 Å². The second-order valence-electron chi connectivity index (χ2n) is 2.87. The molecular weight excluding hydrogens is 220 g/mol. The van der Waals surface area contributed by atoms with Gasteiger partial charge >= 0.3 is 0 Å². The van der Waals surface area contributed by atoms with Crippen LogP contribution in [-0.2, 0) is 0 Å². The van der Waals surface area contributed by atoms with Gasteiger partial charge in [0.1, 0.15) is 6.61 Å². The number of hydrogen-bond donors (Lipinski definition) is 0. The van der Waals surface area contributed by atoms with Crippen LogP contribution >= 0.6 is 11.3 Å². The van der Waals surface area contributed by atoms with Gasteiger partial charge < -0.3 is 4.74 Å². The van der Waals surface area contributed by atoms with Crippen molar-refractivity contribution in [2.75, 3.05) is 6.61 Å². The summed E-state index contributed by atoms with van der Waals surface area (Å²) >= 11 is 1.32. The molecule has 5 heteroatoms. The molecule has 0 aliphatic heterocycles. The van der Waals surface area contributed by atoms with Crippen LogP contribution in [0.3, 0.4) is 0 Å². The third-order valence-corrected chi connectivity index (χ3v) is 2.56. The molecule has 1 aromatic rings. The summed E-state index contributed by atoms with van der Waals surface area (Å²) in [5.74, 6) is 0.314. The summed E-state index contributed by atoms with van der Waals surface area (Å²) in [5, 5.41) is 1.37. The molecule has 0 bridgehead atoms. The fourth-order valence-electron chi connectivity index (χ4n) is 0.751. The Bertz CT molecular complexity index is 264. The molecule has 0 fully saturated rings. The number of alkyl halides is 2. The van der Waals surface area contributed by atoms with Crippen LogP contribution < -0.4 is 4.74 Å². The molecule has 0 unspecified atom stereocenters. The first-order valence-electron chi connectivity index (χ1n) is 4.96. The zero-order chi connectivity index (χ0) is 11.8. The van der Waals surface area contributed by atoms with Crippen molar-refractivity contribution in [3.8, 4) is 5.06 Å². The molecule has 1 aromatic heterocycles. The molecule has 1 rings (SSSR count). The maximum atomic E-state index is 11.7. The van der Waals surface area contributed by atoms with Crippen molar-refractivity contribution in [2.24, 2.45) is 0 Å². The Kier molecular flexibility index (Phi) is 7.21. The number of ether oxygens (including phenoxy) is 1. The van der Waals surface area contributed by atoms with Crippen LogP contribution in [0, 0.1) is 0 Å². The van der Waals surface area contributed by atoms with Gasteiger partial charge in [-0.05, 0) is 0 Å². The van der Waals surface area contributed by atoms with Crippen LogP contribution in [-0.4, -0.2) is 18.0 Å². The first-order valence-corrected chi connectivity index (χ1v) is 5.78. The normalized spacial score (nSPS) is 10.1. The van der Waals surface area contributed by atoms with Crippen molar-refractivity contribution < 1.29 is 13.5 Å². The van der Waals surface area contributed by atoms with Gasteiger partial charge in [0, 0.05) is 5.92 Å². The van der Waals surface area contributed by atoms with E-state index in [4.69, 9.17) is 4.74 Å². The predicted octanol–water partition coefficient (Wildman–Crippen LogP) is 3.94. The van der Waals surface area contributed by atoms with E-state index >= 15 is 0 Å². The number of hydrogen-bond acceptors (Lipinski definition) is 3. The van der Waals surface area contributed by atoms with Gasteiger partial charge in [-0.1, -0.05) is 39.0 Å². The van der Waals surface area contributed by atoms with Crippen molar-refractivity contribution in [1.29, 1.82) is 0 Å².